The number of nitrogens with one attached hydrogen (secondary N) is 1. The molecule has 0 aliphatic heterocycles. The molecular weight excluding hydrogens is 252 g/mol. The second-order valence-corrected chi connectivity index (χ2v) is 4.27. The summed E-state index contributed by atoms with van der Waals surface area (Å²) >= 11 is 0. The fraction of sp³-hybridized carbons (Fsp3) is 0.500. The van der Waals surface area contributed by atoms with E-state index in [-0.39, 0.29) is 18.3 Å². The van der Waals surface area contributed by atoms with E-state index in [1.807, 2.05) is 0 Å². The standard InChI is InChI=1S/C14H19F2NO2/c1-2-3-4-5-8-17-14(18)10-19-13-7-6-11(15)9-12(13)16/h6-7,9H,2-5,8,10H2,1H3,(H,17,18). The number of benzene rings is 1. The molecule has 1 aromatic rings. The van der Waals surface area contributed by atoms with Crippen molar-refractivity contribution in [3.8, 4) is 5.75 Å². The number of carbonyl (C=O) groups is 1. The summed E-state index contributed by atoms with van der Waals surface area (Å²) in [4.78, 5) is 11.4. The summed E-state index contributed by atoms with van der Waals surface area (Å²) in [5.41, 5.74) is 0. The molecule has 0 aliphatic rings. The summed E-state index contributed by atoms with van der Waals surface area (Å²) in [6.45, 7) is 2.44. The summed E-state index contributed by atoms with van der Waals surface area (Å²) in [6.07, 6.45) is 4.28. The molecule has 0 fully saturated rings. The Hall–Kier alpha value is -1.65. The molecule has 0 unspecified atom stereocenters. The van der Waals surface area contributed by atoms with Crippen LogP contribution in [-0.2, 0) is 4.79 Å². The fourth-order valence-corrected chi connectivity index (χ4v) is 1.57. The molecule has 0 heterocycles. The fourth-order valence-electron chi connectivity index (χ4n) is 1.57. The third-order valence-electron chi connectivity index (χ3n) is 2.61. The maximum Gasteiger partial charge on any atom is 0.257 e. The SMILES string of the molecule is CCCCCCNC(=O)COc1ccc(F)cc1F. The highest BCUT2D eigenvalue weighted by molar-refractivity contribution is 5.77. The van der Waals surface area contributed by atoms with Crippen LogP contribution in [0.15, 0.2) is 18.2 Å². The Labute approximate surface area is 112 Å². The first kappa shape index (κ1) is 15.4. The van der Waals surface area contributed by atoms with Crippen LogP contribution in [0.5, 0.6) is 5.75 Å². The van der Waals surface area contributed by atoms with Gasteiger partial charge >= 0.3 is 0 Å². The van der Waals surface area contributed by atoms with Gasteiger partial charge in [0.15, 0.2) is 18.2 Å². The van der Waals surface area contributed by atoms with Crippen molar-refractivity contribution < 1.29 is 18.3 Å². The van der Waals surface area contributed by atoms with Gasteiger partial charge in [0.05, 0.1) is 0 Å². The minimum absolute atomic E-state index is 0.123. The van der Waals surface area contributed by atoms with Crippen LogP contribution in [0, 0.1) is 11.6 Å². The zero-order chi connectivity index (χ0) is 14.1. The van der Waals surface area contributed by atoms with E-state index in [0.29, 0.717) is 6.54 Å². The Morgan fingerprint density at radius 2 is 2.05 bits per heavy atom. The van der Waals surface area contributed by atoms with Crippen LogP contribution < -0.4 is 10.1 Å². The summed E-state index contributed by atoms with van der Waals surface area (Å²) in [5, 5.41) is 2.68. The van der Waals surface area contributed by atoms with Crippen LogP contribution in [0.1, 0.15) is 32.6 Å². The lowest BCUT2D eigenvalue weighted by molar-refractivity contribution is -0.123. The summed E-state index contributed by atoms with van der Waals surface area (Å²) in [5.74, 6) is -1.91. The van der Waals surface area contributed by atoms with E-state index in [0.717, 1.165) is 37.8 Å². The second kappa shape index (κ2) is 8.45. The van der Waals surface area contributed by atoms with Crippen molar-refractivity contribution >= 4 is 5.91 Å². The number of halogens is 2. The van der Waals surface area contributed by atoms with Gasteiger partial charge in [-0.05, 0) is 18.6 Å². The molecule has 0 saturated heterocycles. The predicted octanol–water partition coefficient (Wildman–Crippen LogP) is 3.04. The van der Waals surface area contributed by atoms with Crippen molar-refractivity contribution in [2.24, 2.45) is 0 Å². The molecule has 1 rings (SSSR count). The van der Waals surface area contributed by atoms with Crippen molar-refractivity contribution in [2.45, 2.75) is 32.6 Å². The third-order valence-corrected chi connectivity index (χ3v) is 2.61. The average molecular weight is 271 g/mol. The number of hydrogen-bond acceptors (Lipinski definition) is 2. The van der Waals surface area contributed by atoms with Gasteiger partial charge in [-0.2, -0.15) is 0 Å². The Bertz CT molecular complexity index is 410. The Morgan fingerprint density at radius 3 is 2.74 bits per heavy atom. The van der Waals surface area contributed by atoms with E-state index >= 15 is 0 Å². The molecular formula is C14H19F2NO2. The molecule has 106 valence electrons. The molecule has 0 bridgehead atoms. The Kier molecular flexibility index (Phi) is 6.85. The van der Waals surface area contributed by atoms with Gasteiger partial charge in [-0.1, -0.05) is 26.2 Å². The summed E-state index contributed by atoms with van der Waals surface area (Å²) in [7, 11) is 0. The van der Waals surface area contributed by atoms with Crippen LogP contribution in [0.25, 0.3) is 0 Å². The summed E-state index contributed by atoms with van der Waals surface area (Å²) in [6, 6.07) is 2.97. The molecule has 0 radical (unpaired) electrons. The van der Waals surface area contributed by atoms with Gasteiger partial charge in [-0.15, -0.1) is 0 Å². The Balaban J connectivity index is 2.22. The van der Waals surface area contributed by atoms with Gasteiger partial charge in [0, 0.05) is 12.6 Å². The highest BCUT2D eigenvalue weighted by atomic mass is 19.1. The van der Waals surface area contributed by atoms with E-state index in [1.54, 1.807) is 0 Å². The lowest BCUT2D eigenvalue weighted by Crippen LogP contribution is -2.29. The lowest BCUT2D eigenvalue weighted by Gasteiger charge is -2.08. The second-order valence-electron chi connectivity index (χ2n) is 4.27. The zero-order valence-electron chi connectivity index (χ0n) is 11.0. The number of amides is 1. The van der Waals surface area contributed by atoms with Crippen LogP contribution in [0.3, 0.4) is 0 Å². The number of carbonyl (C=O) groups excluding carboxylic acids is 1. The van der Waals surface area contributed by atoms with Crippen LogP contribution >= 0.6 is 0 Å². The smallest absolute Gasteiger partial charge is 0.257 e. The first-order valence-corrected chi connectivity index (χ1v) is 6.48. The topological polar surface area (TPSA) is 38.3 Å². The molecule has 0 aliphatic carbocycles. The molecule has 0 spiro atoms. The van der Waals surface area contributed by atoms with Gasteiger partial charge in [-0.3, -0.25) is 4.79 Å². The molecule has 0 saturated carbocycles. The largest absolute Gasteiger partial charge is 0.481 e. The van der Waals surface area contributed by atoms with Crippen LogP contribution in [-0.4, -0.2) is 19.1 Å². The first-order valence-electron chi connectivity index (χ1n) is 6.48. The van der Waals surface area contributed by atoms with Crippen molar-refractivity contribution in [1.29, 1.82) is 0 Å². The van der Waals surface area contributed by atoms with E-state index in [9.17, 15) is 13.6 Å². The number of unbranched alkanes of at least 4 members (excludes halogenated alkanes) is 3. The van der Waals surface area contributed by atoms with Crippen LogP contribution in [0.2, 0.25) is 0 Å². The summed E-state index contributed by atoms with van der Waals surface area (Å²) < 4.78 is 30.8. The molecule has 3 nitrogen and oxygen atoms in total. The highest BCUT2D eigenvalue weighted by Crippen LogP contribution is 2.17. The Morgan fingerprint density at radius 1 is 1.26 bits per heavy atom. The molecule has 1 aromatic carbocycles. The molecule has 19 heavy (non-hydrogen) atoms. The van der Waals surface area contributed by atoms with E-state index in [1.165, 1.54) is 6.07 Å². The highest BCUT2D eigenvalue weighted by Gasteiger charge is 2.07. The molecule has 1 N–H and O–H groups in total. The van der Waals surface area contributed by atoms with Crippen molar-refractivity contribution in [3.63, 3.8) is 0 Å². The van der Waals surface area contributed by atoms with Gasteiger partial charge in [0.25, 0.3) is 5.91 Å². The quantitative estimate of drug-likeness (QED) is 0.738. The van der Waals surface area contributed by atoms with Crippen molar-refractivity contribution in [3.05, 3.63) is 29.8 Å². The van der Waals surface area contributed by atoms with Crippen molar-refractivity contribution in [1.82, 2.24) is 5.32 Å². The van der Waals surface area contributed by atoms with Gasteiger partial charge in [0.1, 0.15) is 5.82 Å². The molecule has 5 heteroatoms. The molecule has 0 aromatic heterocycles. The zero-order valence-corrected chi connectivity index (χ0v) is 11.0. The third kappa shape index (κ3) is 6.18. The van der Waals surface area contributed by atoms with E-state index < -0.39 is 11.6 Å². The maximum atomic E-state index is 13.2. The van der Waals surface area contributed by atoms with E-state index in [4.69, 9.17) is 4.74 Å². The van der Waals surface area contributed by atoms with Gasteiger partial charge in [0.2, 0.25) is 0 Å². The minimum Gasteiger partial charge on any atom is -0.481 e. The van der Waals surface area contributed by atoms with E-state index in [2.05, 4.69) is 12.2 Å². The number of rotatable bonds is 8. The molecule has 1 amide bonds. The maximum absolute atomic E-state index is 13.2. The average Bonchev–Trinajstić information content (AvgIpc) is 2.37. The molecule has 0 atom stereocenters. The van der Waals surface area contributed by atoms with Gasteiger partial charge in [-0.25, -0.2) is 8.78 Å². The number of ether oxygens (including phenoxy) is 1. The van der Waals surface area contributed by atoms with Crippen LogP contribution in [0.4, 0.5) is 8.78 Å². The van der Waals surface area contributed by atoms with Crippen molar-refractivity contribution in [2.75, 3.05) is 13.2 Å². The normalized spacial score (nSPS) is 10.3. The predicted molar refractivity (Wildman–Crippen MR) is 69.0 cm³/mol. The monoisotopic (exact) mass is 271 g/mol. The lowest BCUT2D eigenvalue weighted by atomic mass is 10.2. The first-order chi connectivity index (χ1) is 9.13. The minimum atomic E-state index is -0.809. The number of hydrogen-bond donors (Lipinski definition) is 1. The van der Waals surface area contributed by atoms with Gasteiger partial charge < -0.3 is 10.1 Å².